The van der Waals surface area contributed by atoms with E-state index in [1.54, 1.807) is 7.11 Å². The predicted molar refractivity (Wildman–Crippen MR) is 81.3 cm³/mol. The van der Waals surface area contributed by atoms with Crippen molar-refractivity contribution in [2.24, 2.45) is 0 Å². The summed E-state index contributed by atoms with van der Waals surface area (Å²) in [4.78, 5) is 0. The lowest BCUT2D eigenvalue weighted by Crippen LogP contribution is -2.29. The first kappa shape index (κ1) is 17.0. The van der Waals surface area contributed by atoms with Crippen LogP contribution in [-0.4, -0.2) is 39.5 Å². The van der Waals surface area contributed by atoms with Crippen LogP contribution in [-0.2, 0) is 9.47 Å². The van der Waals surface area contributed by atoms with Gasteiger partial charge in [0.15, 0.2) is 0 Å². The zero-order chi connectivity index (χ0) is 14.8. The first-order valence-corrected chi connectivity index (χ1v) is 7.24. The Labute approximate surface area is 122 Å². The molecular weight excluding hydrogens is 254 g/mol. The fourth-order valence-electron chi connectivity index (χ4n) is 1.83. The summed E-state index contributed by atoms with van der Waals surface area (Å²) in [5, 5.41) is 3.42. The highest BCUT2D eigenvalue weighted by molar-refractivity contribution is 5.28. The van der Waals surface area contributed by atoms with Gasteiger partial charge in [0.05, 0.1) is 26.4 Å². The highest BCUT2D eigenvalue weighted by atomic mass is 16.5. The molecular formula is C16H27NO3. The normalized spacial score (nSPS) is 12.7. The molecule has 0 spiro atoms. The molecule has 114 valence electrons. The molecule has 0 aliphatic carbocycles. The second-order valence-electron chi connectivity index (χ2n) is 4.89. The Hall–Kier alpha value is -1.10. The highest BCUT2D eigenvalue weighted by Gasteiger charge is 2.12. The molecule has 1 atom stereocenters. The zero-order valence-corrected chi connectivity index (χ0v) is 13.0. The van der Waals surface area contributed by atoms with Gasteiger partial charge < -0.3 is 19.5 Å². The van der Waals surface area contributed by atoms with Gasteiger partial charge in [-0.2, -0.15) is 0 Å². The van der Waals surface area contributed by atoms with Gasteiger partial charge in [-0.3, -0.25) is 0 Å². The quantitative estimate of drug-likeness (QED) is 0.669. The van der Waals surface area contributed by atoms with E-state index in [9.17, 15) is 0 Å². The standard InChI is InChI=1S/C16H27NO3/c1-5-19-10-11-20-16(12-17-13(2)3)14-6-8-15(18-4)9-7-14/h6-9,13,16-17H,5,10-12H2,1-4H3. The van der Waals surface area contributed by atoms with Crippen molar-refractivity contribution in [2.75, 3.05) is 33.5 Å². The second kappa shape index (κ2) is 9.75. The average molecular weight is 281 g/mol. The van der Waals surface area contributed by atoms with Gasteiger partial charge in [-0.05, 0) is 24.6 Å². The minimum Gasteiger partial charge on any atom is -0.497 e. The van der Waals surface area contributed by atoms with Crippen LogP contribution >= 0.6 is 0 Å². The van der Waals surface area contributed by atoms with Crippen molar-refractivity contribution in [2.45, 2.75) is 32.9 Å². The van der Waals surface area contributed by atoms with Gasteiger partial charge >= 0.3 is 0 Å². The molecule has 1 unspecified atom stereocenters. The van der Waals surface area contributed by atoms with E-state index in [4.69, 9.17) is 14.2 Å². The molecule has 0 aromatic heterocycles. The third kappa shape index (κ3) is 6.37. The van der Waals surface area contributed by atoms with Crippen LogP contribution in [0, 0.1) is 0 Å². The van der Waals surface area contributed by atoms with Crippen molar-refractivity contribution in [3.8, 4) is 5.75 Å². The molecule has 0 aliphatic rings. The van der Waals surface area contributed by atoms with E-state index in [1.165, 1.54) is 0 Å². The van der Waals surface area contributed by atoms with Gasteiger partial charge in [0.2, 0.25) is 0 Å². The maximum Gasteiger partial charge on any atom is 0.118 e. The molecule has 0 amide bonds. The average Bonchev–Trinajstić information content (AvgIpc) is 2.46. The Kier molecular flexibility index (Phi) is 8.26. The molecule has 1 N–H and O–H groups in total. The molecule has 0 saturated carbocycles. The molecule has 0 radical (unpaired) electrons. The molecule has 4 heteroatoms. The second-order valence-corrected chi connectivity index (χ2v) is 4.89. The van der Waals surface area contributed by atoms with E-state index in [0.717, 1.165) is 24.5 Å². The van der Waals surface area contributed by atoms with E-state index < -0.39 is 0 Å². The van der Waals surface area contributed by atoms with Gasteiger partial charge in [-0.25, -0.2) is 0 Å². The van der Waals surface area contributed by atoms with Gasteiger partial charge in [0, 0.05) is 19.2 Å². The third-order valence-corrected chi connectivity index (χ3v) is 2.95. The third-order valence-electron chi connectivity index (χ3n) is 2.95. The van der Waals surface area contributed by atoms with E-state index in [2.05, 4.69) is 19.2 Å². The number of methoxy groups -OCH3 is 1. The first-order valence-electron chi connectivity index (χ1n) is 7.24. The van der Waals surface area contributed by atoms with Crippen molar-refractivity contribution in [1.82, 2.24) is 5.32 Å². The Bertz CT molecular complexity index is 351. The maximum absolute atomic E-state index is 5.93. The van der Waals surface area contributed by atoms with Crippen molar-refractivity contribution in [1.29, 1.82) is 0 Å². The number of benzene rings is 1. The minimum atomic E-state index is 0.0313. The molecule has 0 fully saturated rings. The molecule has 1 aromatic carbocycles. The van der Waals surface area contributed by atoms with E-state index in [1.807, 2.05) is 31.2 Å². The van der Waals surface area contributed by atoms with E-state index in [-0.39, 0.29) is 6.10 Å². The number of ether oxygens (including phenoxy) is 3. The zero-order valence-electron chi connectivity index (χ0n) is 13.0. The van der Waals surface area contributed by atoms with E-state index >= 15 is 0 Å². The van der Waals surface area contributed by atoms with Gasteiger partial charge in [0.1, 0.15) is 5.75 Å². The van der Waals surface area contributed by atoms with Crippen LogP contribution in [0.1, 0.15) is 32.4 Å². The smallest absolute Gasteiger partial charge is 0.118 e. The lowest BCUT2D eigenvalue weighted by atomic mass is 10.1. The van der Waals surface area contributed by atoms with Crippen molar-refractivity contribution in [3.63, 3.8) is 0 Å². The minimum absolute atomic E-state index is 0.0313. The Morgan fingerprint density at radius 3 is 2.35 bits per heavy atom. The summed E-state index contributed by atoms with van der Waals surface area (Å²) in [6.45, 7) is 8.99. The van der Waals surface area contributed by atoms with Gasteiger partial charge in [0.25, 0.3) is 0 Å². The van der Waals surface area contributed by atoms with Crippen molar-refractivity contribution < 1.29 is 14.2 Å². The van der Waals surface area contributed by atoms with Crippen molar-refractivity contribution >= 4 is 0 Å². The number of nitrogens with one attached hydrogen (secondary N) is 1. The van der Waals surface area contributed by atoms with Crippen molar-refractivity contribution in [3.05, 3.63) is 29.8 Å². The van der Waals surface area contributed by atoms with Crippen LogP contribution in [0.15, 0.2) is 24.3 Å². The Morgan fingerprint density at radius 1 is 1.10 bits per heavy atom. The summed E-state index contributed by atoms with van der Waals surface area (Å²) in [6.07, 6.45) is 0.0313. The molecule has 20 heavy (non-hydrogen) atoms. The van der Waals surface area contributed by atoms with Gasteiger partial charge in [-0.15, -0.1) is 0 Å². The summed E-state index contributed by atoms with van der Waals surface area (Å²) in [7, 11) is 1.67. The predicted octanol–water partition coefficient (Wildman–Crippen LogP) is 2.79. The first-order chi connectivity index (χ1) is 9.67. The van der Waals surface area contributed by atoms with E-state index in [0.29, 0.717) is 19.3 Å². The summed E-state index contributed by atoms with van der Waals surface area (Å²) >= 11 is 0. The van der Waals surface area contributed by atoms with Crippen LogP contribution < -0.4 is 10.1 Å². The number of hydrogen-bond acceptors (Lipinski definition) is 4. The van der Waals surface area contributed by atoms with Gasteiger partial charge in [-0.1, -0.05) is 26.0 Å². The maximum atomic E-state index is 5.93. The Balaban J connectivity index is 2.58. The molecule has 0 bridgehead atoms. The molecule has 1 rings (SSSR count). The fourth-order valence-corrected chi connectivity index (χ4v) is 1.83. The number of hydrogen-bond donors (Lipinski definition) is 1. The number of rotatable bonds is 10. The highest BCUT2D eigenvalue weighted by Crippen LogP contribution is 2.20. The van der Waals surface area contributed by atoms with Crippen LogP contribution in [0.3, 0.4) is 0 Å². The topological polar surface area (TPSA) is 39.7 Å². The van der Waals surface area contributed by atoms with Crippen LogP contribution in [0.5, 0.6) is 5.75 Å². The molecule has 1 aromatic rings. The lowest BCUT2D eigenvalue weighted by molar-refractivity contribution is 0.00616. The summed E-state index contributed by atoms with van der Waals surface area (Å²) in [5.74, 6) is 0.860. The monoisotopic (exact) mass is 281 g/mol. The fraction of sp³-hybridized carbons (Fsp3) is 0.625. The molecule has 4 nitrogen and oxygen atoms in total. The molecule has 0 saturated heterocycles. The van der Waals surface area contributed by atoms with Crippen LogP contribution in [0.25, 0.3) is 0 Å². The summed E-state index contributed by atoms with van der Waals surface area (Å²) in [6, 6.07) is 8.46. The SMILES string of the molecule is CCOCCOC(CNC(C)C)c1ccc(OC)cc1. The summed E-state index contributed by atoms with van der Waals surface area (Å²) in [5.41, 5.74) is 1.15. The Morgan fingerprint density at radius 2 is 1.80 bits per heavy atom. The van der Waals surface area contributed by atoms with Crippen LogP contribution in [0.4, 0.5) is 0 Å². The largest absolute Gasteiger partial charge is 0.497 e. The molecule has 0 heterocycles. The molecule has 0 aliphatic heterocycles. The lowest BCUT2D eigenvalue weighted by Gasteiger charge is -2.20. The van der Waals surface area contributed by atoms with Crippen LogP contribution in [0.2, 0.25) is 0 Å². The summed E-state index contributed by atoms with van der Waals surface area (Å²) < 4.78 is 16.4.